The van der Waals surface area contributed by atoms with Crippen molar-refractivity contribution in [1.82, 2.24) is 0 Å². The lowest BCUT2D eigenvalue weighted by atomic mass is 9.81. The molecule has 2 atom stereocenters. The highest BCUT2D eigenvalue weighted by molar-refractivity contribution is 7.10. The summed E-state index contributed by atoms with van der Waals surface area (Å²) in [6.07, 6.45) is 6.77. The molecule has 2 N–H and O–H groups in total. The fourth-order valence-electron chi connectivity index (χ4n) is 2.92. The molecule has 0 spiro atoms. The number of aryl methyl sites for hydroxylation is 1. The summed E-state index contributed by atoms with van der Waals surface area (Å²) in [6.45, 7) is 2.13. The first-order valence-electron chi connectivity index (χ1n) is 6.55. The third kappa shape index (κ3) is 3.09. The zero-order valence-corrected chi connectivity index (χ0v) is 11.6. The summed E-state index contributed by atoms with van der Waals surface area (Å²) in [6, 6.07) is 2.23. The Kier molecular flexibility index (Phi) is 4.60. The Balaban J connectivity index is 2.06. The molecule has 96 valence electrons. The van der Waals surface area contributed by atoms with Crippen molar-refractivity contribution in [2.24, 2.45) is 11.7 Å². The molecule has 1 fully saturated rings. The quantitative estimate of drug-likeness (QED) is 0.889. The van der Waals surface area contributed by atoms with E-state index in [0.29, 0.717) is 5.92 Å². The number of ether oxygens (including phenoxy) is 1. The lowest BCUT2D eigenvalue weighted by Gasteiger charge is -2.32. The molecule has 1 saturated carbocycles. The first-order valence-corrected chi connectivity index (χ1v) is 7.43. The number of thiophene rings is 1. The minimum absolute atomic E-state index is 0.0352. The number of hydrogen-bond donors (Lipinski definition) is 1. The van der Waals surface area contributed by atoms with Crippen LogP contribution < -0.4 is 5.73 Å². The Morgan fingerprint density at radius 1 is 1.35 bits per heavy atom. The fraction of sp³-hybridized carbons (Fsp3) is 0.714. The van der Waals surface area contributed by atoms with Crippen molar-refractivity contribution >= 4 is 11.3 Å². The molecule has 2 unspecified atom stereocenters. The summed E-state index contributed by atoms with van der Waals surface area (Å²) < 4.78 is 5.69. The van der Waals surface area contributed by atoms with Crippen molar-refractivity contribution in [2.75, 3.05) is 7.11 Å². The van der Waals surface area contributed by atoms with Crippen LogP contribution in [-0.4, -0.2) is 13.2 Å². The molecule has 0 radical (unpaired) electrons. The molecule has 1 aliphatic rings. The van der Waals surface area contributed by atoms with Gasteiger partial charge in [-0.2, -0.15) is 0 Å². The highest BCUT2D eigenvalue weighted by Gasteiger charge is 2.29. The topological polar surface area (TPSA) is 35.2 Å². The monoisotopic (exact) mass is 253 g/mol. The normalized spacial score (nSPS) is 21.4. The van der Waals surface area contributed by atoms with Gasteiger partial charge in [-0.3, -0.25) is 0 Å². The van der Waals surface area contributed by atoms with Gasteiger partial charge in [0.25, 0.3) is 0 Å². The van der Waals surface area contributed by atoms with E-state index in [2.05, 4.69) is 18.4 Å². The van der Waals surface area contributed by atoms with Crippen LogP contribution in [0.1, 0.15) is 48.6 Å². The van der Waals surface area contributed by atoms with Crippen LogP contribution in [0.25, 0.3) is 0 Å². The second-order valence-electron chi connectivity index (χ2n) is 5.11. The molecule has 2 nitrogen and oxygen atoms in total. The molecule has 0 aromatic carbocycles. The number of methoxy groups -OCH3 is 1. The Morgan fingerprint density at radius 3 is 2.59 bits per heavy atom. The van der Waals surface area contributed by atoms with Gasteiger partial charge < -0.3 is 10.5 Å². The van der Waals surface area contributed by atoms with E-state index < -0.39 is 0 Å². The van der Waals surface area contributed by atoms with Crippen molar-refractivity contribution in [2.45, 2.75) is 51.2 Å². The zero-order chi connectivity index (χ0) is 12.3. The summed E-state index contributed by atoms with van der Waals surface area (Å²) in [7, 11) is 1.80. The van der Waals surface area contributed by atoms with Crippen molar-refractivity contribution in [3.05, 3.63) is 21.9 Å². The van der Waals surface area contributed by atoms with Gasteiger partial charge in [-0.25, -0.2) is 0 Å². The van der Waals surface area contributed by atoms with Gasteiger partial charge in [0.2, 0.25) is 0 Å². The SMILES string of the molecule is COC(C1CCCCC1)C(N)c1csc(C)c1. The van der Waals surface area contributed by atoms with E-state index in [1.54, 1.807) is 18.4 Å². The molecule has 17 heavy (non-hydrogen) atoms. The predicted octanol–water partition coefficient (Wildman–Crippen LogP) is 3.65. The van der Waals surface area contributed by atoms with Crippen LogP contribution in [0.4, 0.5) is 0 Å². The van der Waals surface area contributed by atoms with Crippen LogP contribution in [0.3, 0.4) is 0 Å². The molecule has 2 rings (SSSR count). The molecule has 1 aliphatic carbocycles. The Morgan fingerprint density at radius 2 is 2.06 bits per heavy atom. The van der Waals surface area contributed by atoms with Gasteiger partial charge in [0.1, 0.15) is 0 Å². The van der Waals surface area contributed by atoms with Crippen LogP contribution in [0, 0.1) is 12.8 Å². The smallest absolute Gasteiger partial charge is 0.0792 e. The largest absolute Gasteiger partial charge is 0.379 e. The highest BCUT2D eigenvalue weighted by Crippen LogP contribution is 2.34. The van der Waals surface area contributed by atoms with Crippen LogP contribution >= 0.6 is 11.3 Å². The Labute approximate surface area is 108 Å². The van der Waals surface area contributed by atoms with E-state index in [-0.39, 0.29) is 12.1 Å². The lowest BCUT2D eigenvalue weighted by Crippen LogP contribution is -2.35. The van der Waals surface area contributed by atoms with E-state index in [1.165, 1.54) is 42.5 Å². The summed E-state index contributed by atoms with van der Waals surface area (Å²) in [5.41, 5.74) is 7.62. The van der Waals surface area contributed by atoms with Crippen molar-refractivity contribution in [1.29, 1.82) is 0 Å². The third-order valence-electron chi connectivity index (χ3n) is 3.88. The Bertz CT molecular complexity index is 344. The van der Waals surface area contributed by atoms with Crippen molar-refractivity contribution in [3.63, 3.8) is 0 Å². The van der Waals surface area contributed by atoms with Crippen LogP contribution in [0.5, 0.6) is 0 Å². The van der Waals surface area contributed by atoms with Crippen LogP contribution in [0.2, 0.25) is 0 Å². The molecular formula is C14H23NOS. The van der Waals surface area contributed by atoms with Crippen LogP contribution in [0.15, 0.2) is 11.4 Å². The average Bonchev–Trinajstić information content (AvgIpc) is 2.78. The second-order valence-corrected chi connectivity index (χ2v) is 6.23. The molecule has 1 heterocycles. The number of nitrogens with two attached hydrogens (primary N) is 1. The van der Waals surface area contributed by atoms with Gasteiger partial charge in [-0.1, -0.05) is 19.3 Å². The van der Waals surface area contributed by atoms with E-state index in [4.69, 9.17) is 10.5 Å². The maximum absolute atomic E-state index is 6.38. The van der Waals surface area contributed by atoms with Gasteiger partial charge in [0.05, 0.1) is 12.1 Å². The summed E-state index contributed by atoms with van der Waals surface area (Å²) >= 11 is 1.77. The summed E-state index contributed by atoms with van der Waals surface area (Å²) in [5, 5.41) is 2.18. The molecule has 3 heteroatoms. The molecule has 0 aliphatic heterocycles. The Hall–Kier alpha value is -0.380. The van der Waals surface area contributed by atoms with Gasteiger partial charge in [0, 0.05) is 12.0 Å². The van der Waals surface area contributed by atoms with Crippen molar-refractivity contribution in [3.8, 4) is 0 Å². The molecule has 0 amide bonds. The van der Waals surface area contributed by atoms with Gasteiger partial charge >= 0.3 is 0 Å². The van der Waals surface area contributed by atoms with E-state index in [9.17, 15) is 0 Å². The maximum atomic E-state index is 6.38. The third-order valence-corrected chi connectivity index (χ3v) is 4.76. The predicted molar refractivity (Wildman–Crippen MR) is 73.4 cm³/mol. The minimum atomic E-state index is 0.0352. The van der Waals surface area contributed by atoms with Crippen LogP contribution in [-0.2, 0) is 4.74 Å². The fourth-order valence-corrected chi connectivity index (χ4v) is 3.67. The standard InChI is InChI=1S/C14H23NOS/c1-10-8-12(9-17-10)13(15)14(16-2)11-6-4-3-5-7-11/h8-9,11,13-14H,3-7,15H2,1-2H3. The van der Waals surface area contributed by atoms with Crippen molar-refractivity contribution < 1.29 is 4.74 Å². The highest BCUT2D eigenvalue weighted by atomic mass is 32.1. The first-order chi connectivity index (χ1) is 8.22. The van der Waals surface area contributed by atoms with Gasteiger partial charge in [0.15, 0.2) is 0 Å². The van der Waals surface area contributed by atoms with E-state index in [1.807, 2.05) is 0 Å². The number of rotatable bonds is 4. The van der Waals surface area contributed by atoms with Gasteiger partial charge in [-0.15, -0.1) is 11.3 Å². The summed E-state index contributed by atoms with van der Waals surface area (Å²) in [4.78, 5) is 1.33. The zero-order valence-electron chi connectivity index (χ0n) is 10.8. The molecule has 1 aromatic heterocycles. The minimum Gasteiger partial charge on any atom is -0.379 e. The molecular weight excluding hydrogens is 230 g/mol. The summed E-state index contributed by atoms with van der Waals surface area (Å²) in [5.74, 6) is 0.643. The second kappa shape index (κ2) is 5.98. The molecule has 0 bridgehead atoms. The number of hydrogen-bond acceptors (Lipinski definition) is 3. The molecule has 1 aromatic rings. The first kappa shape index (κ1) is 13.1. The van der Waals surface area contributed by atoms with Gasteiger partial charge in [-0.05, 0) is 42.7 Å². The average molecular weight is 253 g/mol. The van der Waals surface area contributed by atoms with E-state index >= 15 is 0 Å². The molecule has 0 saturated heterocycles. The van der Waals surface area contributed by atoms with E-state index in [0.717, 1.165) is 0 Å². The lowest BCUT2D eigenvalue weighted by molar-refractivity contribution is 0.0174. The maximum Gasteiger partial charge on any atom is 0.0792 e.